The summed E-state index contributed by atoms with van der Waals surface area (Å²) in [5.74, 6) is 0.772. The summed E-state index contributed by atoms with van der Waals surface area (Å²) in [6, 6.07) is 0. The first kappa shape index (κ1) is 8.57. The number of carbonyl (C=O) groups is 1. The average Bonchev–Trinajstić information content (AvgIpc) is 2.69. The van der Waals surface area contributed by atoms with Crippen molar-refractivity contribution in [3.05, 3.63) is 0 Å². The first-order chi connectivity index (χ1) is 5.10. The predicted octanol–water partition coefficient (Wildman–Crippen LogP) is 1.70. The Morgan fingerprint density at radius 2 is 2.09 bits per heavy atom. The smallest absolute Gasteiger partial charge is 0.220 e. The molecular formula is C9H17NO. The van der Waals surface area contributed by atoms with Crippen LogP contribution in [-0.2, 0) is 4.79 Å². The molecule has 0 aliphatic heterocycles. The molecule has 0 bridgehead atoms. The summed E-state index contributed by atoms with van der Waals surface area (Å²) >= 11 is 0. The number of hydrogen-bond acceptors (Lipinski definition) is 1. The molecule has 1 rings (SSSR count). The van der Waals surface area contributed by atoms with Gasteiger partial charge in [0.05, 0.1) is 0 Å². The highest BCUT2D eigenvalue weighted by atomic mass is 16.1. The lowest BCUT2D eigenvalue weighted by atomic mass is 10.0. The van der Waals surface area contributed by atoms with Crippen molar-refractivity contribution in [2.45, 2.75) is 45.6 Å². The molecule has 64 valence electrons. The van der Waals surface area contributed by atoms with Crippen LogP contribution in [0.2, 0.25) is 0 Å². The fourth-order valence-electron chi connectivity index (χ4n) is 1.35. The third kappa shape index (κ3) is 1.73. The molecule has 0 aromatic rings. The van der Waals surface area contributed by atoms with Gasteiger partial charge in [0.2, 0.25) is 5.91 Å². The summed E-state index contributed by atoms with van der Waals surface area (Å²) < 4.78 is 0. The summed E-state index contributed by atoms with van der Waals surface area (Å²) in [6.45, 7) is 6.23. The second-order valence-electron chi connectivity index (χ2n) is 3.71. The van der Waals surface area contributed by atoms with Gasteiger partial charge in [0.15, 0.2) is 0 Å². The molecule has 0 aromatic carbocycles. The maximum atomic E-state index is 11.1. The van der Waals surface area contributed by atoms with E-state index in [1.165, 1.54) is 0 Å². The Morgan fingerprint density at radius 3 is 2.36 bits per heavy atom. The highest BCUT2D eigenvalue weighted by molar-refractivity contribution is 5.76. The van der Waals surface area contributed by atoms with Crippen molar-refractivity contribution in [1.82, 2.24) is 5.32 Å². The van der Waals surface area contributed by atoms with Crippen molar-refractivity contribution in [3.63, 3.8) is 0 Å². The van der Waals surface area contributed by atoms with Crippen LogP contribution in [-0.4, -0.2) is 11.4 Å². The second-order valence-corrected chi connectivity index (χ2v) is 3.71. The molecule has 1 saturated carbocycles. The molecule has 0 atom stereocenters. The maximum Gasteiger partial charge on any atom is 0.220 e. The molecule has 0 unspecified atom stereocenters. The Labute approximate surface area is 68.4 Å². The Balaban J connectivity index is 2.41. The van der Waals surface area contributed by atoms with Gasteiger partial charge in [0.1, 0.15) is 0 Å². The van der Waals surface area contributed by atoms with E-state index >= 15 is 0 Å². The number of nitrogens with one attached hydrogen (secondary N) is 1. The van der Waals surface area contributed by atoms with Crippen molar-refractivity contribution >= 4 is 5.91 Å². The van der Waals surface area contributed by atoms with Crippen LogP contribution in [0.25, 0.3) is 0 Å². The maximum absolute atomic E-state index is 11.1. The Hall–Kier alpha value is -0.530. The van der Waals surface area contributed by atoms with E-state index in [1.54, 1.807) is 0 Å². The van der Waals surface area contributed by atoms with E-state index in [1.807, 2.05) is 6.92 Å². The van der Waals surface area contributed by atoms with Crippen LogP contribution < -0.4 is 5.32 Å². The SMILES string of the molecule is CCC(=O)NC1(C(C)C)CC1. The van der Waals surface area contributed by atoms with E-state index in [4.69, 9.17) is 0 Å². The predicted molar refractivity (Wildman–Crippen MR) is 45.2 cm³/mol. The molecule has 2 nitrogen and oxygen atoms in total. The highest BCUT2D eigenvalue weighted by Crippen LogP contribution is 2.41. The zero-order chi connectivity index (χ0) is 8.48. The van der Waals surface area contributed by atoms with E-state index in [9.17, 15) is 4.79 Å². The van der Waals surface area contributed by atoms with Crippen molar-refractivity contribution in [2.75, 3.05) is 0 Å². The van der Waals surface area contributed by atoms with Crippen LogP contribution in [0.15, 0.2) is 0 Å². The zero-order valence-corrected chi connectivity index (χ0v) is 7.61. The molecule has 11 heavy (non-hydrogen) atoms. The molecule has 0 heterocycles. The minimum atomic E-state index is 0.174. The van der Waals surface area contributed by atoms with E-state index in [-0.39, 0.29) is 11.4 Å². The van der Waals surface area contributed by atoms with E-state index in [2.05, 4.69) is 19.2 Å². The van der Waals surface area contributed by atoms with Crippen molar-refractivity contribution in [1.29, 1.82) is 0 Å². The van der Waals surface area contributed by atoms with Crippen molar-refractivity contribution in [2.24, 2.45) is 5.92 Å². The third-order valence-corrected chi connectivity index (χ3v) is 2.60. The van der Waals surface area contributed by atoms with Gasteiger partial charge in [-0.25, -0.2) is 0 Å². The fraction of sp³-hybridized carbons (Fsp3) is 0.889. The summed E-state index contributed by atoms with van der Waals surface area (Å²) in [5, 5.41) is 3.08. The first-order valence-electron chi connectivity index (χ1n) is 4.42. The monoisotopic (exact) mass is 155 g/mol. The molecular weight excluding hydrogens is 138 g/mol. The number of rotatable bonds is 3. The van der Waals surface area contributed by atoms with Crippen LogP contribution in [0.4, 0.5) is 0 Å². The van der Waals surface area contributed by atoms with Gasteiger partial charge in [0, 0.05) is 12.0 Å². The Morgan fingerprint density at radius 1 is 1.55 bits per heavy atom. The van der Waals surface area contributed by atoms with Gasteiger partial charge in [-0.1, -0.05) is 20.8 Å². The minimum Gasteiger partial charge on any atom is -0.350 e. The summed E-state index contributed by atoms with van der Waals surface area (Å²) in [6.07, 6.45) is 2.93. The van der Waals surface area contributed by atoms with Gasteiger partial charge in [-0.3, -0.25) is 4.79 Å². The van der Waals surface area contributed by atoms with Crippen LogP contribution >= 0.6 is 0 Å². The van der Waals surface area contributed by atoms with Crippen LogP contribution in [0.5, 0.6) is 0 Å². The van der Waals surface area contributed by atoms with Gasteiger partial charge >= 0.3 is 0 Å². The topological polar surface area (TPSA) is 29.1 Å². The molecule has 2 heteroatoms. The molecule has 1 aliphatic carbocycles. The summed E-state index contributed by atoms with van der Waals surface area (Å²) in [4.78, 5) is 11.1. The van der Waals surface area contributed by atoms with E-state index in [0.29, 0.717) is 12.3 Å². The molecule has 0 radical (unpaired) electrons. The zero-order valence-electron chi connectivity index (χ0n) is 7.61. The summed E-state index contributed by atoms with van der Waals surface area (Å²) in [7, 11) is 0. The lowest BCUT2D eigenvalue weighted by molar-refractivity contribution is -0.122. The quantitative estimate of drug-likeness (QED) is 0.660. The minimum absolute atomic E-state index is 0.174. The standard InChI is InChI=1S/C9H17NO/c1-4-8(11)10-9(5-6-9)7(2)3/h7H,4-6H2,1-3H3,(H,10,11). The van der Waals surface area contributed by atoms with Crippen LogP contribution in [0, 0.1) is 5.92 Å². The van der Waals surface area contributed by atoms with Crippen LogP contribution in [0.3, 0.4) is 0 Å². The fourth-order valence-corrected chi connectivity index (χ4v) is 1.35. The molecule has 1 amide bonds. The molecule has 1 aliphatic rings. The first-order valence-corrected chi connectivity index (χ1v) is 4.42. The normalized spacial score (nSPS) is 20.0. The van der Waals surface area contributed by atoms with Crippen molar-refractivity contribution < 1.29 is 4.79 Å². The molecule has 0 spiro atoms. The lowest BCUT2D eigenvalue weighted by Gasteiger charge is -2.20. The molecule has 1 N–H and O–H groups in total. The Bertz CT molecular complexity index is 159. The average molecular weight is 155 g/mol. The van der Waals surface area contributed by atoms with Gasteiger partial charge in [-0.05, 0) is 18.8 Å². The summed E-state index contributed by atoms with van der Waals surface area (Å²) in [5.41, 5.74) is 0.174. The molecule has 1 fully saturated rings. The molecule has 0 aromatic heterocycles. The van der Waals surface area contributed by atoms with Gasteiger partial charge < -0.3 is 5.32 Å². The Kier molecular flexibility index (Phi) is 2.21. The van der Waals surface area contributed by atoms with Crippen molar-refractivity contribution in [3.8, 4) is 0 Å². The number of carbonyl (C=O) groups excluding carboxylic acids is 1. The van der Waals surface area contributed by atoms with Gasteiger partial charge in [-0.15, -0.1) is 0 Å². The van der Waals surface area contributed by atoms with Gasteiger partial charge in [-0.2, -0.15) is 0 Å². The van der Waals surface area contributed by atoms with Gasteiger partial charge in [0.25, 0.3) is 0 Å². The molecule has 0 saturated heterocycles. The number of hydrogen-bond donors (Lipinski definition) is 1. The van der Waals surface area contributed by atoms with Crippen LogP contribution in [0.1, 0.15) is 40.0 Å². The van der Waals surface area contributed by atoms with E-state index < -0.39 is 0 Å². The van der Waals surface area contributed by atoms with E-state index in [0.717, 1.165) is 12.8 Å². The third-order valence-electron chi connectivity index (χ3n) is 2.60. The largest absolute Gasteiger partial charge is 0.350 e. The highest BCUT2D eigenvalue weighted by Gasteiger charge is 2.46. The lowest BCUT2D eigenvalue weighted by Crippen LogP contribution is -2.40. The second kappa shape index (κ2) is 2.84. The number of amides is 1.